The Balaban J connectivity index is 1.99. The van der Waals surface area contributed by atoms with E-state index in [1.807, 2.05) is 29.8 Å². The maximum atomic E-state index is 6.04. The van der Waals surface area contributed by atoms with Crippen molar-refractivity contribution in [1.82, 2.24) is 9.78 Å². The van der Waals surface area contributed by atoms with Crippen molar-refractivity contribution in [2.75, 3.05) is 24.7 Å². The first kappa shape index (κ1) is 14.2. The van der Waals surface area contributed by atoms with Crippen LogP contribution in [-0.2, 0) is 13.0 Å². The number of methoxy groups -OCH3 is 1. The molecule has 2 aromatic rings. The standard InChI is InChI=1S/C15H22N4O/c1-4-19-15(14(16)11(2)18-19)17-9-8-12-6-5-7-13(10-12)20-3/h5-7,10,17H,4,8-9,16H2,1-3H3. The van der Waals surface area contributed by atoms with E-state index < -0.39 is 0 Å². The van der Waals surface area contributed by atoms with Crippen molar-refractivity contribution in [1.29, 1.82) is 0 Å². The predicted molar refractivity (Wildman–Crippen MR) is 82.2 cm³/mol. The summed E-state index contributed by atoms with van der Waals surface area (Å²) in [5, 5.41) is 7.76. The van der Waals surface area contributed by atoms with Crippen LogP contribution in [0.5, 0.6) is 5.75 Å². The van der Waals surface area contributed by atoms with Gasteiger partial charge >= 0.3 is 0 Å². The van der Waals surface area contributed by atoms with E-state index in [4.69, 9.17) is 10.5 Å². The SMILES string of the molecule is CCn1nc(C)c(N)c1NCCc1cccc(OC)c1. The van der Waals surface area contributed by atoms with Crippen LogP contribution in [0.3, 0.4) is 0 Å². The van der Waals surface area contributed by atoms with Gasteiger partial charge in [0.25, 0.3) is 0 Å². The highest BCUT2D eigenvalue weighted by atomic mass is 16.5. The molecule has 108 valence electrons. The van der Waals surface area contributed by atoms with E-state index >= 15 is 0 Å². The number of ether oxygens (including phenoxy) is 1. The number of aromatic nitrogens is 2. The summed E-state index contributed by atoms with van der Waals surface area (Å²) in [4.78, 5) is 0. The summed E-state index contributed by atoms with van der Waals surface area (Å²) in [6, 6.07) is 8.09. The van der Waals surface area contributed by atoms with Gasteiger partial charge in [-0.2, -0.15) is 5.10 Å². The highest BCUT2D eigenvalue weighted by Crippen LogP contribution is 2.22. The van der Waals surface area contributed by atoms with Gasteiger partial charge in [-0.3, -0.25) is 0 Å². The van der Waals surface area contributed by atoms with Gasteiger partial charge in [-0.15, -0.1) is 0 Å². The van der Waals surface area contributed by atoms with E-state index in [1.54, 1.807) is 7.11 Å². The summed E-state index contributed by atoms with van der Waals surface area (Å²) in [6.45, 7) is 5.59. The van der Waals surface area contributed by atoms with E-state index in [1.165, 1.54) is 5.56 Å². The Morgan fingerprint density at radius 1 is 1.40 bits per heavy atom. The zero-order valence-electron chi connectivity index (χ0n) is 12.3. The second-order valence-electron chi connectivity index (χ2n) is 4.69. The molecule has 0 saturated carbocycles. The van der Waals surface area contributed by atoms with E-state index in [2.05, 4.69) is 23.4 Å². The number of nitrogen functional groups attached to an aromatic ring is 1. The molecule has 0 spiro atoms. The first-order chi connectivity index (χ1) is 9.65. The Morgan fingerprint density at radius 3 is 2.90 bits per heavy atom. The number of nitrogens with two attached hydrogens (primary N) is 1. The predicted octanol–water partition coefficient (Wildman–Crippen LogP) is 2.46. The molecule has 20 heavy (non-hydrogen) atoms. The lowest BCUT2D eigenvalue weighted by Crippen LogP contribution is -2.11. The molecule has 5 heteroatoms. The Morgan fingerprint density at radius 2 is 2.20 bits per heavy atom. The lowest BCUT2D eigenvalue weighted by Gasteiger charge is -2.10. The lowest BCUT2D eigenvalue weighted by molar-refractivity contribution is 0.414. The van der Waals surface area contributed by atoms with Crippen molar-refractivity contribution in [2.24, 2.45) is 0 Å². The highest BCUT2D eigenvalue weighted by Gasteiger charge is 2.10. The van der Waals surface area contributed by atoms with E-state index in [0.29, 0.717) is 0 Å². The molecule has 0 aliphatic rings. The van der Waals surface area contributed by atoms with Crippen LogP contribution in [0.4, 0.5) is 11.5 Å². The van der Waals surface area contributed by atoms with Crippen LogP contribution >= 0.6 is 0 Å². The fourth-order valence-corrected chi connectivity index (χ4v) is 2.16. The molecule has 1 aromatic carbocycles. The molecule has 0 fully saturated rings. The van der Waals surface area contributed by atoms with E-state index in [0.717, 1.165) is 42.5 Å². The largest absolute Gasteiger partial charge is 0.497 e. The highest BCUT2D eigenvalue weighted by molar-refractivity contribution is 5.64. The van der Waals surface area contributed by atoms with Crippen LogP contribution in [0.25, 0.3) is 0 Å². The number of hydrogen-bond donors (Lipinski definition) is 2. The molecule has 0 radical (unpaired) electrons. The Labute approximate surface area is 119 Å². The lowest BCUT2D eigenvalue weighted by atomic mass is 10.1. The summed E-state index contributed by atoms with van der Waals surface area (Å²) in [6.07, 6.45) is 0.907. The fourth-order valence-electron chi connectivity index (χ4n) is 2.16. The van der Waals surface area contributed by atoms with Gasteiger partial charge in [0.15, 0.2) is 0 Å². The van der Waals surface area contributed by atoms with Crippen LogP contribution in [0.15, 0.2) is 24.3 Å². The third-order valence-corrected chi connectivity index (χ3v) is 3.31. The van der Waals surface area contributed by atoms with Crippen LogP contribution < -0.4 is 15.8 Å². The zero-order chi connectivity index (χ0) is 14.5. The Bertz CT molecular complexity index is 577. The molecule has 5 nitrogen and oxygen atoms in total. The number of nitrogens with one attached hydrogen (secondary N) is 1. The topological polar surface area (TPSA) is 65.1 Å². The Kier molecular flexibility index (Phi) is 4.50. The zero-order valence-corrected chi connectivity index (χ0v) is 12.3. The molecule has 0 aliphatic carbocycles. The number of benzene rings is 1. The van der Waals surface area contributed by atoms with Crippen molar-refractivity contribution in [3.8, 4) is 5.75 Å². The van der Waals surface area contributed by atoms with Gasteiger partial charge in [0.1, 0.15) is 11.6 Å². The van der Waals surface area contributed by atoms with Gasteiger partial charge in [-0.25, -0.2) is 4.68 Å². The molecular weight excluding hydrogens is 252 g/mol. The van der Waals surface area contributed by atoms with Gasteiger partial charge in [0.2, 0.25) is 0 Å². The Hall–Kier alpha value is -2.17. The van der Waals surface area contributed by atoms with Crippen molar-refractivity contribution in [3.05, 3.63) is 35.5 Å². The quantitative estimate of drug-likeness (QED) is 0.849. The van der Waals surface area contributed by atoms with Crippen LogP contribution in [0.2, 0.25) is 0 Å². The molecule has 0 atom stereocenters. The number of hydrogen-bond acceptors (Lipinski definition) is 4. The number of nitrogens with zero attached hydrogens (tertiary/aromatic N) is 2. The molecule has 1 aromatic heterocycles. The summed E-state index contributed by atoms with van der Waals surface area (Å²) in [5.41, 5.74) is 8.87. The van der Waals surface area contributed by atoms with Gasteiger partial charge in [0.05, 0.1) is 18.5 Å². The summed E-state index contributed by atoms with van der Waals surface area (Å²) >= 11 is 0. The van der Waals surface area contributed by atoms with E-state index in [-0.39, 0.29) is 0 Å². The average Bonchev–Trinajstić information content (AvgIpc) is 2.75. The monoisotopic (exact) mass is 274 g/mol. The van der Waals surface area contributed by atoms with Crippen molar-refractivity contribution >= 4 is 11.5 Å². The smallest absolute Gasteiger partial charge is 0.148 e. The first-order valence-corrected chi connectivity index (χ1v) is 6.85. The molecule has 0 unspecified atom stereocenters. The average molecular weight is 274 g/mol. The van der Waals surface area contributed by atoms with Crippen molar-refractivity contribution < 1.29 is 4.74 Å². The molecular formula is C15H22N4O. The number of rotatable bonds is 6. The van der Waals surface area contributed by atoms with Gasteiger partial charge in [-0.05, 0) is 38.0 Å². The maximum absolute atomic E-state index is 6.04. The second kappa shape index (κ2) is 6.32. The minimum atomic E-state index is 0.734. The summed E-state index contributed by atoms with van der Waals surface area (Å²) in [7, 11) is 1.68. The van der Waals surface area contributed by atoms with Crippen molar-refractivity contribution in [2.45, 2.75) is 26.8 Å². The minimum absolute atomic E-state index is 0.734. The molecule has 0 saturated heterocycles. The van der Waals surface area contributed by atoms with E-state index in [9.17, 15) is 0 Å². The summed E-state index contributed by atoms with van der Waals surface area (Å²) < 4.78 is 7.12. The molecule has 3 N–H and O–H groups in total. The summed E-state index contributed by atoms with van der Waals surface area (Å²) in [5.74, 6) is 1.80. The van der Waals surface area contributed by atoms with Crippen LogP contribution in [-0.4, -0.2) is 23.4 Å². The normalized spacial score (nSPS) is 10.6. The van der Waals surface area contributed by atoms with Crippen LogP contribution in [0, 0.1) is 6.92 Å². The molecule has 0 aliphatic heterocycles. The van der Waals surface area contributed by atoms with Gasteiger partial charge < -0.3 is 15.8 Å². The molecule has 1 heterocycles. The maximum Gasteiger partial charge on any atom is 0.148 e. The third kappa shape index (κ3) is 3.04. The number of aryl methyl sites for hydroxylation is 2. The first-order valence-electron chi connectivity index (χ1n) is 6.85. The second-order valence-corrected chi connectivity index (χ2v) is 4.69. The minimum Gasteiger partial charge on any atom is -0.497 e. The van der Waals surface area contributed by atoms with Gasteiger partial charge in [0, 0.05) is 13.1 Å². The van der Waals surface area contributed by atoms with Gasteiger partial charge in [-0.1, -0.05) is 12.1 Å². The fraction of sp³-hybridized carbons (Fsp3) is 0.400. The third-order valence-electron chi connectivity index (χ3n) is 3.31. The molecule has 2 rings (SSSR count). The van der Waals surface area contributed by atoms with Crippen molar-refractivity contribution in [3.63, 3.8) is 0 Å². The molecule has 0 bridgehead atoms. The molecule has 0 amide bonds. The number of anilines is 2. The van der Waals surface area contributed by atoms with Crippen LogP contribution in [0.1, 0.15) is 18.2 Å².